The van der Waals surface area contributed by atoms with Gasteiger partial charge in [-0.05, 0) is 70.5 Å². The van der Waals surface area contributed by atoms with Gasteiger partial charge >= 0.3 is 0 Å². The number of rotatable bonds is 5. The Balaban J connectivity index is 1.36. The van der Waals surface area contributed by atoms with Gasteiger partial charge in [-0.25, -0.2) is 9.97 Å². The Kier molecular flexibility index (Phi) is 5.08. The van der Waals surface area contributed by atoms with Crippen molar-refractivity contribution in [2.24, 2.45) is 4.99 Å². The minimum atomic E-state index is -0.436. The summed E-state index contributed by atoms with van der Waals surface area (Å²) in [5, 5.41) is 10.8. The summed E-state index contributed by atoms with van der Waals surface area (Å²) in [5.74, 6) is 1.66. The van der Waals surface area contributed by atoms with Crippen molar-refractivity contribution in [1.29, 1.82) is 0 Å². The van der Waals surface area contributed by atoms with Gasteiger partial charge in [0.05, 0.1) is 16.8 Å². The summed E-state index contributed by atoms with van der Waals surface area (Å²) in [5.41, 5.74) is 3.64. The molecule has 32 heavy (non-hydrogen) atoms. The molecule has 0 fully saturated rings. The van der Waals surface area contributed by atoms with Crippen molar-refractivity contribution in [2.75, 3.05) is 0 Å². The molecule has 9 heteroatoms. The number of benzene rings is 2. The van der Waals surface area contributed by atoms with Crippen LogP contribution in [0.2, 0.25) is 0 Å². The lowest BCUT2D eigenvalue weighted by Gasteiger charge is -1.96. The predicted octanol–water partition coefficient (Wildman–Crippen LogP) is 6.57. The SMILES string of the molecule is O=[N+]([O-])c1ccc(-c2ccc(C=Nc3ccc4oc(-c5ccnc(Br)c5)nc4c3)o2)cc1. The van der Waals surface area contributed by atoms with Crippen molar-refractivity contribution < 1.29 is 13.8 Å². The van der Waals surface area contributed by atoms with Crippen LogP contribution in [0, 0.1) is 10.1 Å². The highest BCUT2D eigenvalue weighted by Crippen LogP contribution is 2.28. The Morgan fingerprint density at radius 2 is 1.81 bits per heavy atom. The maximum Gasteiger partial charge on any atom is 0.269 e. The Morgan fingerprint density at radius 1 is 0.969 bits per heavy atom. The zero-order chi connectivity index (χ0) is 22.1. The molecule has 3 aromatic heterocycles. The number of nitro groups is 1. The van der Waals surface area contributed by atoms with E-state index in [-0.39, 0.29) is 5.69 Å². The van der Waals surface area contributed by atoms with Crippen molar-refractivity contribution >= 4 is 44.6 Å². The number of halogens is 1. The molecule has 0 radical (unpaired) electrons. The third-order valence-electron chi connectivity index (χ3n) is 4.67. The normalized spacial score (nSPS) is 11.4. The van der Waals surface area contributed by atoms with Gasteiger partial charge in [-0.15, -0.1) is 0 Å². The van der Waals surface area contributed by atoms with Gasteiger partial charge in [-0.3, -0.25) is 15.1 Å². The maximum atomic E-state index is 10.8. The van der Waals surface area contributed by atoms with Gasteiger partial charge in [0.1, 0.15) is 21.6 Å². The number of aromatic nitrogens is 2. The second-order valence-corrected chi connectivity index (χ2v) is 7.61. The Hall–Kier alpha value is -4.11. The molecule has 0 amide bonds. The molecular weight excluding hydrogens is 476 g/mol. The van der Waals surface area contributed by atoms with Crippen molar-refractivity contribution in [3.8, 4) is 22.8 Å². The van der Waals surface area contributed by atoms with Crippen LogP contribution in [-0.4, -0.2) is 21.1 Å². The van der Waals surface area contributed by atoms with E-state index < -0.39 is 4.92 Å². The van der Waals surface area contributed by atoms with E-state index in [1.165, 1.54) is 12.1 Å². The van der Waals surface area contributed by atoms with E-state index in [1.54, 1.807) is 36.7 Å². The standard InChI is InChI=1S/C23H13BrN4O4/c24-22-11-15(9-10-25-22)23-27-19-12-16(3-7-21(19)32-23)26-13-18-6-8-20(31-18)14-1-4-17(5-2-14)28(29)30/h1-13H. The smallest absolute Gasteiger partial charge is 0.269 e. The van der Waals surface area contributed by atoms with Crippen LogP contribution in [-0.2, 0) is 0 Å². The summed E-state index contributed by atoms with van der Waals surface area (Å²) in [4.78, 5) is 23.5. The lowest BCUT2D eigenvalue weighted by molar-refractivity contribution is -0.384. The van der Waals surface area contributed by atoms with Crippen LogP contribution in [0.15, 0.2) is 91.4 Å². The summed E-state index contributed by atoms with van der Waals surface area (Å²) >= 11 is 3.35. The Morgan fingerprint density at radius 3 is 2.59 bits per heavy atom. The highest BCUT2D eigenvalue weighted by Gasteiger charge is 2.10. The fraction of sp³-hybridized carbons (Fsp3) is 0. The molecule has 3 heterocycles. The van der Waals surface area contributed by atoms with Crippen molar-refractivity contribution in [3.05, 3.63) is 93.4 Å². The van der Waals surface area contributed by atoms with E-state index >= 15 is 0 Å². The molecule has 0 aliphatic heterocycles. The van der Waals surface area contributed by atoms with Crippen molar-refractivity contribution in [2.45, 2.75) is 0 Å². The van der Waals surface area contributed by atoms with E-state index in [2.05, 4.69) is 30.9 Å². The minimum absolute atomic E-state index is 0.0325. The largest absolute Gasteiger partial charge is 0.455 e. The van der Waals surface area contributed by atoms with Gasteiger partial charge in [0.15, 0.2) is 5.58 Å². The average molecular weight is 489 g/mol. The molecule has 0 unspecified atom stereocenters. The van der Waals surface area contributed by atoms with Gasteiger partial charge in [0, 0.05) is 29.5 Å². The number of furan rings is 1. The first kappa shape index (κ1) is 19.8. The fourth-order valence-electron chi connectivity index (χ4n) is 3.12. The molecule has 0 N–H and O–H groups in total. The molecule has 156 valence electrons. The highest BCUT2D eigenvalue weighted by molar-refractivity contribution is 9.10. The summed E-state index contributed by atoms with van der Waals surface area (Å²) in [6.45, 7) is 0. The number of fused-ring (bicyclic) bond motifs is 1. The van der Waals surface area contributed by atoms with Crippen LogP contribution in [0.5, 0.6) is 0 Å². The molecule has 0 spiro atoms. The van der Waals surface area contributed by atoms with Crippen molar-refractivity contribution in [3.63, 3.8) is 0 Å². The van der Waals surface area contributed by atoms with Crippen LogP contribution in [0.25, 0.3) is 33.9 Å². The van der Waals surface area contributed by atoms with Crippen LogP contribution >= 0.6 is 15.9 Å². The quantitative estimate of drug-likeness (QED) is 0.120. The van der Waals surface area contributed by atoms with Crippen LogP contribution in [0.1, 0.15) is 5.76 Å². The first-order valence-electron chi connectivity index (χ1n) is 9.46. The van der Waals surface area contributed by atoms with Gasteiger partial charge < -0.3 is 8.83 Å². The number of nitro benzene ring substituents is 1. The minimum Gasteiger partial charge on any atom is -0.455 e. The molecule has 5 rings (SSSR count). The molecule has 0 saturated heterocycles. The van der Waals surface area contributed by atoms with Gasteiger partial charge in [0.2, 0.25) is 5.89 Å². The summed E-state index contributed by atoms with van der Waals surface area (Å²) in [7, 11) is 0. The molecule has 5 aromatic rings. The predicted molar refractivity (Wildman–Crippen MR) is 123 cm³/mol. The fourth-order valence-corrected chi connectivity index (χ4v) is 3.48. The Labute approximate surface area is 189 Å². The highest BCUT2D eigenvalue weighted by atomic mass is 79.9. The van der Waals surface area contributed by atoms with Crippen molar-refractivity contribution in [1.82, 2.24) is 9.97 Å². The summed E-state index contributed by atoms with van der Waals surface area (Å²) in [6.07, 6.45) is 3.29. The second-order valence-electron chi connectivity index (χ2n) is 6.80. The average Bonchev–Trinajstić information content (AvgIpc) is 3.44. The number of non-ortho nitro benzene ring substituents is 1. The molecule has 0 atom stereocenters. The summed E-state index contributed by atoms with van der Waals surface area (Å²) < 4.78 is 12.3. The van der Waals surface area contributed by atoms with E-state index in [1.807, 2.05) is 30.3 Å². The first-order valence-corrected chi connectivity index (χ1v) is 10.3. The zero-order valence-electron chi connectivity index (χ0n) is 16.3. The Bertz CT molecular complexity index is 1470. The number of nitrogens with zero attached hydrogens (tertiary/aromatic N) is 4. The van der Waals surface area contributed by atoms with Crippen LogP contribution in [0.3, 0.4) is 0 Å². The maximum absolute atomic E-state index is 10.8. The van der Waals surface area contributed by atoms with E-state index in [0.29, 0.717) is 38.8 Å². The number of hydrogen-bond donors (Lipinski definition) is 0. The second kappa shape index (κ2) is 8.20. The van der Waals surface area contributed by atoms with Gasteiger partial charge in [-0.1, -0.05) is 0 Å². The molecule has 0 aliphatic rings. The number of aliphatic imine (C=N–C) groups is 1. The number of hydrogen-bond acceptors (Lipinski definition) is 7. The zero-order valence-corrected chi connectivity index (χ0v) is 17.9. The van der Waals surface area contributed by atoms with E-state index in [0.717, 1.165) is 11.1 Å². The van der Waals surface area contributed by atoms with E-state index in [4.69, 9.17) is 8.83 Å². The lowest BCUT2D eigenvalue weighted by Crippen LogP contribution is -1.86. The third kappa shape index (κ3) is 4.06. The molecule has 2 aromatic carbocycles. The number of pyridine rings is 1. The summed E-state index contributed by atoms with van der Waals surface area (Å²) in [6, 6.07) is 18.9. The molecule has 0 saturated carbocycles. The topological polar surface area (TPSA) is 108 Å². The monoisotopic (exact) mass is 488 g/mol. The molecular formula is C23H13BrN4O4. The lowest BCUT2D eigenvalue weighted by atomic mass is 10.1. The molecule has 8 nitrogen and oxygen atoms in total. The van der Waals surface area contributed by atoms with Gasteiger partial charge in [0.25, 0.3) is 5.69 Å². The molecule has 0 bridgehead atoms. The number of oxazole rings is 1. The third-order valence-corrected chi connectivity index (χ3v) is 5.11. The van der Waals surface area contributed by atoms with Crippen LogP contribution < -0.4 is 0 Å². The molecule has 0 aliphatic carbocycles. The first-order chi connectivity index (χ1) is 15.5. The van der Waals surface area contributed by atoms with Gasteiger partial charge in [-0.2, -0.15) is 0 Å². The van der Waals surface area contributed by atoms with E-state index in [9.17, 15) is 10.1 Å². The van der Waals surface area contributed by atoms with Crippen LogP contribution in [0.4, 0.5) is 11.4 Å².